The summed E-state index contributed by atoms with van der Waals surface area (Å²) in [6.45, 7) is 0.414. The van der Waals surface area contributed by atoms with Gasteiger partial charge in [0.15, 0.2) is 0 Å². The van der Waals surface area contributed by atoms with E-state index in [0.29, 0.717) is 13.0 Å². The molecule has 0 aliphatic carbocycles. The Hall–Kier alpha value is -1.84. The van der Waals surface area contributed by atoms with Crippen LogP contribution in [0.5, 0.6) is 0 Å². The van der Waals surface area contributed by atoms with Crippen molar-refractivity contribution in [2.24, 2.45) is 0 Å². The van der Waals surface area contributed by atoms with Crippen LogP contribution in [0.3, 0.4) is 0 Å². The lowest BCUT2D eigenvalue weighted by Gasteiger charge is -2.16. The van der Waals surface area contributed by atoms with Gasteiger partial charge < -0.3 is 9.64 Å². The lowest BCUT2D eigenvalue weighted by Crippen LogP contribution is -2.29. The second kappa shape index (κ2) is 8.29. The minimum Gasteiger partial charge on any atom is -0.469 e. The van der Waals surface area contributed by atoms with Crippen LogP contribution in [0.2, 0.25) is 0 Å². The fourth-order valence-electron chi connectivity index (χ4n) is 1.77. The van der Waals surface area contributed by atoms with Gasteiger partial charge in [-0.05, 0) is 18.4 Å². The average Bonchev–Trinajstić information content (AvgIpc) is 2.45. The van der Waals surface area contributed by atoms with Gasteiger partial charge in [-0.2, -0.15) is 0 Å². The van der Waals surface area contributed by atoms with E-state index < -0.39 is 0 Å². The number of methoxy groups -OCH3 is 1. The van der Waals surface area contributed by atoms with Crippen molar-refractivity contribution in [3.05, 3.63) is 35.9 Å². The highest BCUT2D eigenvalue weighted by Crippen LogP contribution is 2.06. The summed E-state index contributed by atoms with van der Waals surface area (Å²) in [5.41, 5.74) is 1.24. The van der Waals surface area contributed by atoms with E-state index in [2.05, 4.69) is 16.9 Å². The van der Waals surface area contributed by atoms with Gasteiger partial charge in [0.25, 0.3) is 0 Å². The maximum atomic E-state index is 11.8. The molecule has 0 saturated heterocycles. The van der Waals surface area contributed by atoms with Crippen LogP contribution in [0.15, 0.2) is 30.3 Å². The summed E-state index contributed by atoms with van der Waals surface area (Å²) in [6, 6.07) is 10.1. The van der Waals surface area contributed by atoms with Gasteiger partial charge in [-0.25, -0.2) is 0 Å². The van der Waals surface area contributed by atoms with Gasteiger partial charge >= 0.3 is 5.97 Å². The first-order valence-electron chi connectivity index (χ1n) is 6.48. The summed E-state index contributed by atoms with van der Waals surface area (Å²) >= 11 is 0. The summed E-state index contributed by atoms with van der Waals surface area (Å²) < 4.78 is 4.54. The number of rotatable bonds is 7. The molecule has 0 fully saturated rings. The number of benzene rings is 1. The fraction of sp³-hybridized carbons (Fsp3) is 0.467. The average molecular weight is 263 g/mol. The Morgan fingerprint density at radius 2 is 1.84 bits per heavy atom. The van der Waals surface area contributed by atoms with Crippen LogP contribution in [0, 0.1) is 0 Å². The summed E-state index contributed by atoms with van der Waals surface area (Å²) in [5.74, 6) is -0.219. The van der Waals surface area contributed by atoms with Crippen molar-refractivity contribution in [2.45, 2.75) is 25.7 Å². The first kappa shape index (κ1) is 15.2. The van der Waals surface area contributed by atoms with Gasteiger partial charge in [0.05, 0.1) is 13.5 Å². The van der Waals surface area contributed by atoms with Crippen molar-refractivity contribution in [1.82, 2.24) is 4.90 Å². The van der Waals surface area contributed by atoms with Crippen molar-refractivity contribution in [2.75, 3.05) is 20.7 Å². The highest BCUT2D eigenvalue weighted by Gasteiger charge is 2.10. The van der Waals surface area contributed by atoms with Gasteiger partial charge in [0.2, 0.25) is 5.91 Å². The minimum absolute atomic E-state index is 0.0693. The Morgan fingerprint density at radius 3 is 2.47 bits per heavy atom. The topological polar surface area (TPSA) is 46.6 Å². The molecule has 0 saturated carbocycles. The van der Waals surface area contributed by atoms with Crippen molar-refractivity contribution in [1.29, 1.82) is 0 Å². The molecule has 0 aromatic heterocycles. The van der Waals surface area contributed by atoms with Crippen LogP contribution in [-0.4, -0.2) is 37.5 Å². The zero-order chi connectivity index (χ0) is 14.1. The monoisotopic (exact) mass is 263 g/mol. The molecule has 4 nitrogen and oxygen atoms in total. The van der Waals surface area contributed by atoms with E-state index in [4.69, 9.17) is 0 Å². The number of ether oxygens (including phenoxy) is 1. The number of esters is 1. The zero-order valence-electron chi connectivity index (χ0n) is 11.6. The lowest BCUT2D eigenvalue weighted by atomic mass is 10.1. The summed E-state index contributed by atoms with van der Waals surface area (Å²) in [6.07, 6.45) is 2.48. The van der Waals surface area contributed by atoms with Gasteiger partial charge in [-0.3, -0.25) is 9.59 Å². The molecule has 0 atom stereocenters. The Kier molecular flexibility index (Phi) is 6.64. The summed E-state index contributed by atoms with van der Waals surface area (Å²) in [7, 11) is 3.07. The highest BCUT2D eigenvalue weighted by molar-refractivity contribution is 5.77. The molecular formula is C15H21NO3. The molecule has 0 unspecified atom stereocenters. The van der Waals surface area contributed by atoms with Crippen LogP contribution < -0.4 is 0 Å². The summed E-state index contributed by atoms with van der Waals surface area (Å²) in [5, 5.41) is 0. The van der Waals surface area contributed by atoms with Crippen molar-refractivity contribution < 1.29 is 14.3 Å². The number of amides is 1. The first-order chi connectivity index (χ1) is 9.13. The van der Waals surface area contributed by atoms with E-state index in [0.717, 1.165) is 12.8 Å². The van der Waals surface area contributed by atoms with Crippen molar-refractivity contribution in [3.63, 3.8) is 0 Å². The molecule has 0 radical (unpaired) electrons. The Bertz CT molecular complexity index is 403. The standard InChI is InChI=1S/C15H21NO3/c1-16(12-11-15(18)19-2)14(17)10-6-9-13-7-4-3-5-8-13/h3-5,7-8H,6,9-12H2,1-2H3. The Balaban J connectivity index is 2.21. The zero-order valence-corrected chi connectivity index (χ0v) is 11.6. The third-order valence-corrected chi connectivity index (χ3v) is 3.00. The van der Waals surface area contributed by atoms with Gasteiger partial charge in [0.1, 0.15) is 0 Å². The molecule has 1 aromatic rings. The SMILES string of the molecule is COC(=O)CCN(C)C(=O)CCCc1ccccc1. The smallest absolute Gasteiger partial charge is 0.307 e. The van der Waals surface area contributed by atoms with Gasteiger partial charge in [-0.15, -0.1) is 0 Å². The van der Waals surface area contributed by atoms with Crippen LogP contribution in [0.1, 0.15) is 24.8 Å². The lowest BCUT2D eigenvalue weighted by molar-refractivity contribution is -0.141. The maximum Gasteiger partial charge on any atom is 0.307 e. The molecule has 0 spiro atoms. The number of carbonyl (C=O) groups excluding carboxylic acids is 2. The molecule has 0 N–H and O–H groups in total. The Morgan fingerprint density at radius 1 is 1.16 bits per heavy atom. The largest absolute Gasteiger partial charge is 0.469 e. The van der Waals surface area contributed by atoms with Crippen molar-refractivity contribution in [3.8, 4) is 0 Å². The van der Waals surface area contributed by atoms with E-state index in [9.17, 15) is 9.59 Å². The Labute approximate surface area is 114 Å². The molecule has 1 aromatic carbocycles. The second-order valence-corrected chi connectivity index (χ2v) is 4.48. The van der Waals surface area contributed by atoms with Gasteiger partial charge in [0, 0.05) is 20.0 Å². The number of hydrogen-bond acceptors (Lipinski definition) is 3. The molecule has 4 heteroatoms. The van der Waals surface area contributed by atoms with E-state index >= 15 is 0 Å². The molecule has 0 heterocycles. The summed E-state index contributed by atoms with van der Waals surface area (Å²) in [4.78, 5) is 24.4. The van der Waals surface area contributed by atoms with E-state index in [1.807, 2.05) is 18.2 Å². The van der Waals surface area contributed by atoms with Crippen LogP contribution in [0.4, 0.5) is 0 Å². The molecule has 0 bridgehead atoms. The predicted octanol–water partition coefficient (Wildman–Crippen LogP) is 2.03. The van der Waals surface area contributed by atoms with Crippen LogP contribution in [0.25, 0.3) is 0 Å². The number of carbonyl (C=O) groups is 2. The molecule has 1 rings (SSSR count). The first-order valence-corrected chi connectivity index (χ1v) is 6.48. The van der Waals surface area contributed by atoms with E-state index in [1.165, 1.54) is 12.7 Å². The fourth-order valence-corrected chi connectivity index (χ4v) is 1.77. The quantitative estimate of drug-likeness (QED) is 0.707. The molecular weight excluding hydrogens is 242 g/mol. The normalized spacial score (nSPS) is 10.0. The maximum absolute atomic E-state index is 11.8. The number of nitrogens with zero attached hydrogens (tertiary/aromatic N) is 1. The minimum atomic E-state index is -0.288. The van der Waals surface area contributed by atoms with Crippen molar-refractivity contribution >= 4 is 11.9 Å². The van der Waals surface area contributed by atoms with E-state index in [1.54, 1.807) is 11.9 Å². The molecule has 104 valence electrons. The van der Waals surface area contributed by atoms with Gasteiger partial charge in [-0.1, -0.05) is 30.3 Å². The second-order valence-electron chi connectivity index (χ2n) is 4.48. The molecule has 0 aliphatic heterocycles. The highest BCUT2D eigenvalue weighted by atomic mass is 16.5. The van der Waals surface area contributed by atoms with Crippen LogP contribution >= 0.6 is 0 Å². The molecule has 1 amide bonds. The number of aryl methyl sites for hydroxylation is 1. The predicted molar refractivity (Wildman–Crippen MR) is 73.7 cm³/mol. The number of hydrogen-bond donors (Lipinski definition) is 0. The van der Waals surface area contributed by atoms with E-state index in [-0.39, 0.29) is 18.3 Å². The third kappa shape index (κ3) is 6.04. The molecule has 19 heavy (non-hydrogen) atoms. The third-order valence-electron chi connectivity index (χ3n) is 3.00. The molecule has 0 aliphatic rings. The van der Waals surface area contributed by atoms with Crippen LogP contribution in [-0.2, 0) is 20.7 Å².